The number of thiophene rings is 1. The monoisotopic (exact) mass is 487 g/mol. The molecular formula is C24H29N3O4S2. The third-order valence-electron chi connectivity index (χ3n) is 5.53. The summed E-state index contributed by atoms with van der Waals surface area (Å²) in [5, 5.41) is 4.69. The number of fused-ring (bicyclic) bond motifs is 3. The highest BCUT2D eigenvalue weighted by Crippen LogP contribution is 2.39. The minimum atomic E-state index is -0.207. The second-order valence-corrected chi connectivity index (χ2v) is 9.79. The summed E-state index contributed by atoms with van der Waals surface area (Å²) < 4.78 is 15.8. The molecule has 0 saturated heterocycles. The van der Waals surface area contributed by atoms with E-state index in [1.165, 1.54) is 35.0 Å². The minimum Gasteiger partial charge on any atom is -0.493 e. The van der Waals surface area contributed by atoms with Crippen molar-refractivity contribution in [2.75, 3.05) is 31.9 Å². The van der Waals surface area contributed by atoms with Crippen molar-refractivity contribution >= 4 is 45.1 Å². The lowest BCUT2D eigenvalue weighted by atomic mass is 9.97. The molecule has 0 spiro atoms. The van der Waals surface area contributed by atoms with Gasteiger partial charge in [0.2, 0.25) is 0 Å². The molecule has 176 valence electrons. The molecule has 3 aromatic rings. The number of hydrogen-bond donors (Lipinski definition) is 1. The lowest BCUT2D eigenvalue weighted by molar-refractivity contribution is -0.139. The summed E-state index contributed by atoms with van der Waals surface area (Å²) in [6, 6.07) is 5.91. The first-order chi connectivity index (χ1) is 16.1. The summed E-state index contributed by atoms with van der Waals surface area (Å²) in [7, 11) is 3.27. The number of thioether (sulfide) groups is 1. The molecule has 4 rings (SSSR count). The molecule has 33 heavy (non-hydrogen) atoms. The molecule has 0 atom stereocenters. The highest BCUT2D eigenvalue weighted by Gasteiger charge is 2.21. The lowest BCUT2D eigenvalue weighted by Gasteiger charge is -2.14. The van der Waals surface area contributed by atoms with E-state index in [0.717, 1.165) is 40.3 Å². The topological polar surface area (TPSA) is 82.6 Å². The van der Waals surface area contributed by atoms with E-state index in [4.69, 9.17) is 24.2 Å². The molecule has 0 saturated carbocycles. The molecule has 0 fully saturated rings. The zero-order valence-electron chi connectivity index (χ0n) is 19.2. The Hall–Kier alpha value is -2.52. The molecule has 7 nitrogen and oxygen atoms in total. The fourth-order valence-corrected chi connectivity index (χ4v) is 5.94. The minimum absolute atomic E-state index is 0.207. The fraction of sp³-hybridized carbons (Fsp3) is 0.458. The number of methoxy groups -OCH3 is 2. The third-order valence-corrected chi connectivity index (χ3v) is 7.61. The molecule has 1 aliphatic carbocycles. The van der Waals surface area contributed by atoms with E-state index in [1.807, 2.05) is 25.1 Å². The van der Waals surface area contributed by atoms with Crippen molar-refractivity contribution in [1.82, 2.24) is 9.97 Å². The first-order valence-corrected chi connectivity index (χ1v) is 13.1. The fourth-order valence-electron chi connectivity index (χ4n) is 4.00. The summed E-state index contributed by atoms with van der Waals surface area (Å²) in [6.07, 6.45) is 4.61. The van der Waals surface area contributed by atoms with E-state index in [9.17, 15) is 4.79 Å². The summed E-state index contributed by atoms with van der Waals surface area (Å²) in [5.41, 5.74) is 2.46. The van der Waals surface area contributed by atoms with Gasteiger partial charge in [0.05, 0.1) is 37.7 Å². The quantitative estimate of drug-likeness (QED) is 0.400. The third kappa shape index (κ3) is 5.52. The van der Waals surface area contributed by atoms with Crippen LogP contribution in [0, 0.1) is 0 Å². The Morgan fingerprint density at radius 3 is 2.76 bits per heavy atom. The summed E-state index contributed by atoms with van der Waals surface area (Å²) >= 11 is 3.26. The number of carbonyl (C=O) groups excluding carboxylic acids is 1. The van der Waals surface area contributed by atoms with Crippen molar-refractivity contribution < 1.29 is 19.0 Å². The number of nitrogens with zero attached hydrogens (tertiary/aromatic N) is 2. The molecule has 1 aliphatic rings. The van der Waals surface area contributed by atoms with Crippen molar-refractivity contribution in [3.63, 3.8) is 0 Å². The van der Waals surface area contributed by atoms with Gasteiger partial charge in [-0.2, -0.15) is 0 Å². The molecule has 0 aliphatic heterocycles. The van der Waals surface area contributed by atoms with E-state index < -0.39 is 0 Å². The van der Waals surface area contributed by atoms with Gasteiger partial charge in [-0.1, -0.05) is 6.07 Å². The Morgan fingerprint density at radius 2 is 1.97 bits per heavy atom. The van der Waals surface area contributed by atoms with E-state index >= 15 is 0 Å². The lowest BCUT2D eigenvalue weighted by Crippen LogP contribution is -2.08. The van der Waals surface area contributed by atoms with Crippen LogP contribution in [-0.2, 0) is 34.7 Å². The number of hydrogen-bond acceptors (Lipinski definition) is 9. The van der Waals surface area contributed by atoms with E-state index in [1.54, 1.807) is 25.6 Å². The van der Waals surface area contributed by atoms with Crippen LogP contribution in [-0.4, -0.2) is 42.5 Å². The maximum absolute atomic E-state index is 11.7. The number of aromatic nitrogens is 2. The molecule has 0 radical (unpaired) electrons. The molecule has 1 N–H and O–H groups in total. The largest absolute Gasteiger partial charge is 0.493 e. The first kappa shape index (κ1) is 23.6. The van der Waals surface area contributed by atoms with Crippen LogP contribution in [0.5, 0.6) is 11.5 Å². The van der Waals surface area contributed by atoms with Crippen molar-refractivity contribution in [1.29, 1.82) is 0 Å². The SMILES string of the molecule is CCOC(=O)CSCc1nc(NCc2ccc(OC)c(OC)c2)c2c3c(sc2n1)CCCC3. The highest BCUT2D eigenvalue weighted by molar-refractivity contribution is 7.99. The van der Waals surface area contributed by atoms with Gasteiger partial charge in [-0.15, -0.1) is 23.1 Å². The van der Waals surface area contributed by atoms with Gasteiger partial charge in [-0.05, 0) is 55.9 Å². The number of nitrogens with one attached hydrogen (secondary N) is 1. The van der Waals surface area contributed by atoms with Gasteiger partial charge in [-0.3, -0.25) is 4.79 Å². The molecule has 0 amide bonds. The Kier molecular flexibility index (Phi) is 7.93. The normalized spacial score (nSPS) is 12.9. The van der Waals surface area contributed by atoms with Gasteiger partial charge < -0.3 is 19.5 Å². The average molecular weight is 488 g/mol. The molecule has 0 bridgehead atoms. The maximum atomic E-state index is 11.7. The Morgan fingerprint density at radius 1 is 1.15 bits per heavy atom. The first-order valence-electron chi connectivity index (χ1n) is 11.1. The predicted octanol–water partition coefficient (Wildman–Crippen LogP) is 5.00. The molecule has 2 aromatic heterocycles. The average Bonchev–Trinajstić information content (AvgIpc) is 3.21. The van der Waals surface area contributed by atoms with Crippen LogP contribution < -0.4 is 14.8 Å². The van der Waals surface area contributed by atoms with Gasteiger partial charge in [0.25, 0.3) is 0 Å². The standard InChI is InChI=1S/C24H29N3O4S2/c1-4-31-21(28)14-32-13-20-26-23(22-16-7-5-6-8-19(16)33-24(22)27-20)25-12-15-9-10-17(29-2)18(11-15)30-3/h9-11H,4-8,12-14H2,1-3H3,(H,25,26,27). The number of aryl methyl sites for hydroxylation is 2. The van der Waals surface area contributed by atoms with Crippen LogP contribution in [0.3, 0.4) is 0 Å². The second kappa shape index (κ2) is 11.1. The Balaban J connectivity index is 1.59. The zero-order valence-corrected chi connectivity index (χ0v) is 20.9. The summed E-state index contributed by atoms with van der Waals surface area (Å²) in [5.74, 6) is 3.65. The number of esters is 1. The zero-order chi connectivity index (χ0) is 23.2. The van der Waals surface area contributed by atoms with Crippen molar-refractivity contribution in [2.24, 2.45) is 0 Å². The number of carbonyl (C=O) groups is 1. The van der Waals surface area contributed by atoms with Gasteiger partial charge in [0, 0.05) is 11.4 Å². The van der Waals surface area contributed by atoms with Gasteiger partial charge in [0.15, 0.2) is 11.5 Å². The van der Waals surface area contributed by atoms with Crippen LogP contribution in [0.2, 0.25) is 0 Å². The second-order valence-electron chi connectivity index (χ2n) is 7.72. The summed E-state index contributed by atoms with van der Waals surface area (Å²) in [6.45, 7) is 2.81. The predicted molar refractivity (Wildman–Crippen MR) is 134 cm³/mol. The molecule has 0 unspecified atom stereocenters. The van der Waals surface area contributed by atoms with E-state index in [0.29, 0.717) is 36.2 Å². The smallest absolute Gasteiger partial charge is 0.315 e. The van der Waals surface area contributed by atoms with Crippen LogP contribution in [0.25, 0.3) is 10.2 Å². The van der Waals surface area contributed by atoms with Crippen LogP contribution >= 0.6 is 23.1 Å². The maximum Gasteiger partial charge on any atom is 0.315 e. The molecule has 1 aromatic carbocycles. The van der Waals surface area contributed by atoms with Crippen molar-refractivity contribution in [3.8, 4) is 11.5 Å². The number of rotatable bonds is 10. The number of ether oxygens (including phenoxy) is 3. The Labute approximate surface area is 202 Å². The number of benzene rings is 1. The van der Waals surface area contributed by atoms with Gasteiger partial charge >= 0.3 is 5.97 Å². The number of anilines is 1. The van der Waals surface area contributed by atoms with Gasteiger partial charge in [-0.25, -0.2) is 9.97 Å². The summed E-state index contributed by atoms with van der Waals surface area (Å²) in [4.78, 5) is 23.9. The van der Waals surface area contributed by atoms with Crippen LogP contribution in [0.4, 0.5) is 5.82 Å². The molecular weight excluding hydrogens is 458 g/mol. The Bertz CT molecular complexity index is 1130. The van der Waals surface area contributed by atoms with Crippen LogP contribution in [0.15, 0.2) is 18.2 Å². The van der Waals surface area contributed by atoms with Crippen LogP contribution in [0.1, 0.15) is 41.6 Å². The highest BCUT2D eigenvalue weighted by atomic mass is 32.2. The van der Waals surface area contributed by atoms with E-state index in [2.05, 4.69) is 5.32 Å². The van der Waals surface area contributed by atoms with Gasteiger partial charge in [0.1, 0.15) is 16.5 Å². The van der Waals surface area contributed by atoms with Crippen molar-refractivity contribution in [2.45, 2.75) is 44.9 Å². The molecule has 2 heterocycles. The molecule has 9 heteroatoms. The van der Waals surface area contributed by atoms with E-state index in [-0.39, 0.29) is 5.97 Å². The van der Waals surface area contributed by atoms with Crippen molar-refractivity contribution in [3.05, 3.63) is 40.0 Å².